The number of piperidine rings is 1. The molecule has 1 heterocycles. The summed E-state index contributed by atoms with van der Waals surface area (Å²) < 4.78 is 5.77. The van der Waals surface area contributed by atoms with Gasteiger partial charge >= 0.3 is 12.1 Å². The zero-order chi connectivity index (χ0) is 20.7. The molecule has 5 nitrogen and oxygen atoms in total. The Labute approximate surface area is 176 Å². The Kier molecular flexibility index (Phi) is 4.61. The maximum atomic E-state index is 12.7. The maximum absolute atomic E-state index is 12.7. The predicted molar refractivity (Wildman–Crippen MR) is 113 cm³/mol. The lowest BCUT2D eigenvalue weighted by molar-refractivity contribution is -0.131. The molecule has 1 saturated heterocycles. The van der Waals surface area contributed by atoms with Crippen molar-refractivity contribution in [2.45, 2.75) is 31.6 Å². The lowest BCUT2D eigenvalue weighted by atomic mass is 9.60. The van der Waals surface area contributed by atoms with Crippen molar-refractivity contribution < 1.29 is 19.4 Å². The second-order valence-corrected chi connectivity index (χ2v) is 8.79. The fraction of sp³-hybridized carbons (Fsp3) is 0.360. The van der Waals surface area contributed by atoms with E-state index in [0.29, 0.717) is 19.7 Å². The first-order valence-corrected chi connectivity index (χ1v) is 10.6. The molecule has 0 bridgehead atoms. The normalized spacial score (nSPS) is 19.1. The van der Waals surface area contributed by atoms with E-state index < -0.39 is 5.97 Å². The average molecular weight is 403 g/mol. The molecule has 0 atom stereocenters. The third-order valence-corrected chi connectivity index (χ3v) is 6.95. The number of nitrogens with zero attached hydrogens (tertiary/aromatic N) is 1. The van der Waals surface area contributed by atoms with Gasteiger partial charge in [-0.05, 0) is 53.4 Å². The van der Waals surface area contributed by atoms with E-state index in [2.05, 4.69) is 24.3 Å². The maximum Gasteiger partial charge on any atom is 0.409 e. The summed E-state index contributed by atoms with van der Waals surface area (Å²) in [5.74, 6) is -0.788. The number of hydrogen-bond donors (Lipinski definition) is 1. The Hall–Kier alpha value is -3.08. The molecule has 2 fully saturated rings. The molecule has 0 radical (unpaired) electrons. The van der Waals surface area contributed by atoms with Crippen LogP contribution in [0.2, 0.25) is 0 Å². The van der Waals surface area contributed by atoms with Crippen molar-refractivity contribution in [1.82, 2.24) is 4.90 Å². The van der Waals surface area contributed by atoms with Crippen LogP contribution in [-0.4, -0.2) is 41.8 Å². The van der Waals surface area contributed by atoms with Crippen molar-refractivity contribution >= 4 is 12.1 Å². The number of ether oxygens (including phenoxy) is 1. The fourth-order valence-corrected chi connectivity index (χ4v) is 5.39. The van der Waals surface area contributed by atoms with Gasteiger partial charge in [0.15, 0.2) is 0 Å². The summed E-state index contributed by atoms with van der Waals surface area (Å²) >= 11 is 0. The third kappa shape index (κ3) is 3.28. The van der Waals surface area contributed by atoms with Crippen molar-refractivity contribution in [3.63, 3.8) is 0 Å². The molecule has 5 heteroatoms. The number of carbonyl (C=O) groups is 2. The minimum atomic E-state index is -0.865. The van der Waals surface area contributed by atoms with Crippen molar-refractivity contribution in [3.05, 3.63) is 71.3 Å². The quantitative estimate of drug-likeness (QED) is 0.746. The molecule has 1 aliphatic heterocycles. The Morgan fingerprint density at radius 2 is 1.57 bits per heavy atom. The molecule has 1 spiro atoms. The molecular weight excluding hydrogens is 378 g/mol. The molecule has 0 aromatic heterocycles. The Morgan fingerprint density at radius 1 is 1.00 bits per heavy atom. The lowest BCUT2D eigenvalue weighted by Gasteiger charge is -2.49. The SMILES string of the molecule is O=C(O)C=C1CC2(CCN(C(=O)OCC3c4ccccc4-c4ccccc43)CC2)C1. The highest BCUT2D eigenvalue weighted by Gasteiger charge is 2.44. The molecule has 1 N–H and O–H groups in total. The van der Waals surface area contributed by atoms with Crippen molar-refractivity contribution in [3.8, 4) is 11.1 Å². The van der Waals surface area contributed by atoms with Crippen LogP contribution < -0.4 is 0 Å². The Bertz CT molecular complexity index is 977. The second kappa shape index (κ2) is 7.31. The summed E-state index contributed by atoms with van der Waals surface area (Å²) in [6.07, 6.45) is 4.61. The van der Waals surface area contributed by atoms with E-state index in [4.69, 9.17) is 9.84 Å². The van der Waals surface area contributed by atoms with Crippen LogP contribution in [0.1, 0.15) is 42.7 Å². The van der Waals surface area contributed by atoms with E-state index >= 15 is 0 Å². The van der Waals surface area contributed by atoms with E-state index in [1.165, 1.54) is 28.3 Å². The molecule has 1 amide bonds. The number of carboxylic acid groups (broad SMARTS) is 1. The molecule has 154 valence electrons. The molecule has 2 aromatic carbocycles. The van der Waals surface area contributed by atoms with Crippen LogP contribution in [-0.2, 0) is 9.53 Å². The molecule has 0 unspecified atom stereocenters. The Morgan fingerprint density at radius 3 is 2.13 bits per heavy atom. The number of carbonyl (C=O) groups excluding carboxylic acids is 1. The van der Waals surface area contributed by atoms with Gasteiger partial charge in [0, 0.05) is 25.1 Å². The lowest BCUT2D eigenvalue weighted by Crippen LogP contribution is -2.47. The molecule has 2 aliphatic carbocycles. The van der Waals surface area contributed by atoms with Gasteiger partial charge in [-0.2, -0.15) is 0 Å². The van der Waals surface area contributed by atoms with Gasteiger partial charge in [0.1, 0.15) is 6.61 Å². The number of aliphatic carboxylic acids is 1. The van der Waals surface area contributed by atoms with Gasteiger partial charge in [0.25, 0.3) is 0 Å². The van der Waals surface area contributed by atoms with E-state index in [1.807, 2.05) is 24.3 Å². The summed E-state index contributed by atoms with van der Waals surface area (Å²) in [6.45, 7) is 1.70. The standard InChI is InChI=1S/C25H25NO4/c27-23(28)13-17-14-25(15-17)9-11-26(12-10-25)24(29)30-16-22-20-7-3-1-5-18(20)19-6-2-4-8-21(19)22/h1-8,13,22H,9-12,14-16H2,(H,27,28). The topological polar surface area (TPSA) is 66.8 Å². The van der Waals surface area contributed by atoms with Gasteiger partial charge in [0.05, 0.1) is 0 Å². The molecule has 2 aromatic rings. The van der Waals surface area contributed by atoms with Crippen molar-refractivity contribution in [1.29, 1.82) is 0 Å². The van der Waals surface area contributed by atoms with Crippen molar-refractivity contribution in [2.75, 3.05) is 19.7 Å². The monoisotopic (exact) mass is 403 g/mol. The predicted octanol–water partition coefficient (Wildman–Crippen LogP) is 4.82. The summed E-state index contributed by atoms with van der Waals surface area (Å²) in [5, 5.41) is 8.88. The van der Waals surface area contributed by atoms with Gasteiger partial charge in [-0.3, -0.25) is 0 Å². The van der Waals surface area contributed by atoms with Crippen LogP contribution in [0.5, 0.6) is 0 Å². The first kappa shape index (κ1) is 18.9. The van der Waals surface area contributed by atoms with E-state index in [1.54, 1.807) is 4.90 Å². The van der Waals surface area contributed by atoms with Gasteiger partial charge < -0.3 is 14.7 Å². The summed E-state index contributed by atoms with van der Waals surface area (Å²) in [4.78, 5) is 25.3. The summed E-state index contributed by atoms with van der Waals surface area (Å²) in [6, 6.07) is 16.7. The number of amides is 1. The fourth-order valence-electron chi connectivity index (χ4n) is 5.39. The number of hydrogen-bond acceptors (Lipinski definition) is 3. The number of fused-ring (bicyclic) bond motifs is 3. The summed E-state index contributed by atoms with van der Waals surface area (Å²) in [5.41, 5.74) is 6.08. The molecule has 30 heavy (non-hydrogen) atoms. The molecule has 5 rings (SSSR count). The molecule has 1 saturated carbocycles. The van der Waals surface area contributed by atoms with Crippen LogP contribution in [0, 0.1) is 5.41 Å². The number of carboxylic acids is 1. The highest BCUT2D eigenvalue weighted by atomic mass is 16.6. The van der Waals surface area contributed by atoms with Gasteiger partial charge in [-0.1, -0.05) is 54.1 Å². The third-order valence-electron chi connectivity index (χ3n) is 6.95. The first-order chi connectivity index (χ1) is 14.5. The van der Waals surface area contributed by atoms with Crippen LogP contribution in [0.4, 0.5) is 4.79 Å². The first-order valence-electron chi connectivity index (χ1n) is 10.6. The van der Waals surface area contributed by atoms with E-state index in [-0.39, 0.29) is 17.4 Å². The van der Waals surface area contributed by atoms with Gasteiger partial charge in [0.2, 0.25) is 0 Å². The average Bonchev–Trinajstić information content (AvgIpc) is 3.05. The zero-order valence-corrected chi connectivity index (χ0v) is 16.8. The van der Waals surface area contributed by atoms with Crippen LogP contribution in [0.25, 0.3) is 11.1 Å². The zero-order valence-electron chi connectivity index (χ0n) is 16.8. The van der Waals surface area contributed by atoms with Gasteiger partial charge in [-0.15, -0.1) is 0 Å². The van der Waals surface area contributed by atoms with Gasteiger partial charge in [-0.25, -0.2) is 9.59 Å². The number of benzene rings is 2. The van der Waals surface area contributed by atoms with E-state index in [0.717, 1.165) is 31.3 Å². The number of allylic oxidation sites excluding steroid dienone is 1. The molecule has 3 aliphatic rings. The molecular formula is C25H25NO4. The second-order valence-electron chi connectivity index (χ2n) is 8.79. The highest BCUT2D eigenvalue weighted by molar-refractivity contribution is 5.81. The highest BCUT2D eigenvalue weighted by Crippen LogP contribution is 2.52. The summed E-state index contributed by atoms with van der Waals surface area (Å²) in [7, 11) is 0. The van der Waals surface area contributed by atoms with E-state index in [9.17, 15) is 9.59 Å². The number of likely N-dealkylation sites (tertiary alicyclic amines) is 1. The minimum absolute atomic E-state index is 0.0767. The van der Waals surface area contributed by atoms with Crippen LogP contribution >= 0.6 is 0 Å². The van der Waals surface area contributed by atoms with Crippen LogP contribution in [0.3, 0.4) is 0 Å². The minimum Gasteiger partial charge on any atom is -0.478 e. The number of rotatable bonds is 3. The van der Waals surface area contributed by atoms with Crippen molar-refractivity contribution in [2.24, 2.45) is 5.41 Å². The Balaban J connectivity index is 1.20. The largest absolute Gasteiger partial charge is 0.478 e. The smallest absolute Gasteiger partial charge is 0.409 e. The van der Waals surface area contributed by atoms with Crippen LogP contribution in [0.15, 0.2) is 60.2 Å².